The summed E-state index contributed by atoms with van der Waals surface area (Å²) in [6.45, 7) is 6.99. The molecule has 0 aliphatic carbocycles. The summed E-state index contributed by atoms with van der Waals surface area (Å²) in [5, 5.41) is 8.82. The molecular formula is C15H18N2. The minimum Gasteiger partial charge on any atom is -0.299 e. The van der Waals surface area contributed by atoms with Crippen LogP contribution in [0.25, 0.3) is 0 Å². The van der Waals surface area contributed by atoms with Gasteiger partial charge in [-0.25, -0.2) is 0 Å². The summed E-state index contributed by atoms with van der Waals surface area (Å²) in [6.07, 6.45) is 2.14. The van der Waals surface area contributed by atoms with E-state index in [9.17, 15) is 0 Å². The highest BCUT2D eigenvalue weighted by Gasteiger charge is 2.20. The lowest BCUT2D eigenvalue weighted by Crippen LogP contribution is -2.33. The number of nitriles is 1. The Kier molecular flexibility index (Phi) is 3.95. The maximum atomic E-state index is 8.82. The third kappa shape index (κ3) is 3.18. The van der Waals surface area contributed by atoms with Crippen molar-refractivity contribution in [3.63, 3.8) is 0 Å². The van der Waals surface area contributed by atoms with Crippen molar-refractivity contribution in [1.82, 2.24) is 4.90 Å². The molecule has 88 valence electrons. The number of hydrogen-bond acceptors (Lipinski definition) is 2. The predicted octanol–water partition coefficient (Wildman–Crippen LogP) is 2.98. The lowest BCUT2D eigenvalue weighted by Gasteiger charge is -2.31. The molecule has 0 N–H and O–H groups in total. The van der Waals surface area contributed by atoms with Gasteiger partial charge < -0.3 is 0 Å². The van der Waals surface area contributed by atoms with Gasteiger partial charge in [0.15, 0.2) is 0 Å². The Labute approximate surface area is 103 Å². The van der Waals surface area contributed by atoms with Gasteiger partial charge in [0.1, 0.15) is 0 Å². The summed E-state index contributed by atoms with van der Waals surface area (Å²) in [5.74, 6) is 0.409. The predicted molar refractivity (Wildman–Crippen MR) is 69.2 cm³/mol. The fraction of sp³-hybridized carbons (Fsp3) is 0.400. The molecule has 0 amide bonds. The van der Waals surface area contributed by atoms with Crippen LogP contribution in [-0.4, -0.2) is 18.0 Å². The van der Waals surface area contributed by atoms with E-state index in [1.165, 1.54) is 5.56 Å². The van der Waals surface area contributed by atoms with Crippen molar-refractivity contribution in [3.05, 3.63) is 48.0 Å². The topological polar surface area (TPSA) is 27.0 Å². The summed E-state index contributed by atoms with van der Waals surface area (Å²) in [7, 11) is 0. The second-order valence-corrected chi connectivity index (χ2v) is 4.67. The second kappa shape index (κ2) is 5.65. The van der Waals surface area contributed by atoms with Crippen molar-refractivity contribution in [3.8, 4) is 6.07 Å². The first-order valence-electron chi connectivity index (χ1n) is 6.15. The minimum atomic E-state index is 0.409. The van der Waals surface area contributed by atoms with Gasteiger partial charge in [-0.1, -0.05) is 36.9 Å². The van der Waals surface area contributed by atoms with E-state index in [4.69, 9.17) is 5.26 Å². The van der Waals surface area contributed by atoms with Crippen molar-refractivity contribution in [2.45, 2.75) is 19.4 Å². The average Bonchev–Trinajstić information content (AvgIpc) is 2.40. The monoisotopic (exact) mass is 226 g/mol. The van der Waals surface area contributed by atoms with E-state index in [0.717, 1.165) is 38.0 Å². The van der Waals surface area contributed by atoms with Crippen molar-refractivity contribution < 1.29 is 0 Å². The molecule has 0 bridgehead atoms. The van der Waals surface area contributed by atoms with Gasteiger partial charge in [-0.05, 0) is 37.4 Å². The normalized spacial score (nSPS) is 17.6. The second-order valence-electron chi connectivity index (χ2n) is 4.67. The van der Waals surface area contributed by atoms with Crippen molar-refractivity contribution in [2.24, 2.45) is 5.92 Å². The lowest BCUT2D eigenvalue weighted by molar-refractivity contribution is 0.193. The summed E-state index contributed by atoms with van der Waals surface area (Å²) in [6, 6.07) is 12.7. The van der Waals surface area contributed by atoms with Crippen LogP contribution in [0.2, 0.25) is 0 Å². The van der Waals surface area contributed by atoms with Crippen LogP contribution < -0.4 is 0 Å². The van der Waals surface area contributed by atoms with E-state index in [1.807, 2.05) is 6.07 Å². The van der Waals surface area contributed by atoms with Gasteiger partial charge >= 0.3 is 0 Å². The summed E-state index contributed by atoms with van der Waals surface area (Å²) >= 11 is 0. The Morgan fingerprint density at radius 1 is 1.29 bits per heavy atom. The summed E-state index contributed by atoms with van der Waals surface area (Å²) in [5.41, 5.74) is 2.12. The summed E-state index contributed by atoms with van der Waals surface area (Å²) in [4.78, 5) is 2.45. The lowest BCUT2D eigenvalue weighted by atomic mass is 9.90. The molecule has 1 saturated heterocycles. The molecule has 0 radical (unpaired) electrons. The number of nitrogens with zero attached hydrogens (tertiary/aromatic N) is 2. The Balaban J connectivity index is 1.84. The maximum Gasteiger partial charge on any atom is 0.0943 e. The minimum absolute atomic E-state index is 0.409. The number of piperidine rings is 1. The highest BCUT2D eigenvalue weighted by Crippen LogP contribution is 2.23. The van der Waals surface area contributed by atoms with Crippen LogP contribution in [0.15, 0.2) is 42.5 Å². The van der Waals surface area contributed by atoms with Crippen molar-refractivity contribution in [2.75, 3.05) is 13.1 Å². The third-order valence-corrected chi connectivity index (χ3v) is 3.47. The first-order valence-corrected chi connectivity index (χ1v) is 6.15. The fourth-order valence-corrected chi connectivity index (χ4v) is 2.37. The highest BCUT2D eigenvalue weighted by molar-refractivity contribution is 5.20. The third-order valence-electron chi connectivity index (χ3n) is 3.47. The number of rotatable bonds is 3. The zero-order valence-electron chi connectivity index (χ0n) is 10.1. The molecule has 2 rings (SSSR count). The standard InChI is InChI=1S/C15H18N2/c1-13(11-16)15-7-9-17(10-8-15)12-14-5-3-2-4-6-14/h2-6,15H,1,7-10,12H2. The molecule has 1 heterocycles. The molecule has 0 unspecified atom stereocenters. The maximum absolute atomic E-state index is 8.82. The van der Waals surface area contributed by atoms with Crippen molar-refractivity contribution in [1.29, 1.82) is 5.26 Å². The number of likely N-dealkylation sites (tertiary alicyclic amines) is 1. The van der Waals surface area contributed by atoms with Gasteiger partial charge in [0.25, 0.3) is 0 Å². The molecule has 1 aromatic carbocycles. The molecule has 2 nitrogen and oxygen atoms in total. The molecule has 1 aliphatic heterocycles. The van der Waals surface area contributed by atoms with E-state index in [1.54, 1.807) is 0 Å². The number of benzene rings is 1. The van der Waals surface area contributed by atoms with E-state index in [2.05, 4.69) is 41.8 Å². The molecule has 0 saturated carbocycles. The molecule has 0 spiro atoms. The van der Waals surface area contributed by atoms with Gasteiger partial charge in [0.2, 0.25) is 0 Å². The zero-order valence-corrected chi connectivity index (χ0v) is 10.1. The largest absolute Gasteiger partial charge is 0.299 e. The van der Waals surface area contributed by atoms with E-state index in [-0.39, 0.29) is 0 Å². The summed E-state index contributed by atoms with van der Waals surface area (Å²) < 4.78 is 0. The van der Waals surface area contributed by atoms with Crippen molar-refractivity contribution >= 4 is 0 Å². The van der Waals surface area contributed by atoms with Gasteiger partial charge in [0, 0.05) is 12.1 Å². The van der Waals surface area contributed by atoms with Crippen LogP contribution in [0.3, 0.4) is 0 Å². The van der Waals surface area contributed by atoms with Crippen LogP contribution in [0.5, 0.6) is 0 Å². The molecule has 0 aromatic heterocycles. The van der Waals surface area contributed by atoms with Gasteiger partial charge in [-0.3, -0.25) is 4.90 Å². The average molecular weight is 226 g/mol. The van der Waals surface area contributed by atoms with Crippen LogP contribution in [0, 0.1) is 17.2 Å². The fourth-order valence-electron chi connectivity index (χ4n) is 2.37. The Hall–Kier alpha value is -1.59. The SMILES string of the molecule is C=C(C#N)C1CCN(Cc2ccccc2)CC1. The van der Waals surface area contributed by atoms with E-state index >= 15 is 0 Å². The first kappa shape index (κ1) is 11.9. The molecular weight excluding hydrogens is 208 g/mol. The molecule has 1 aliphatic rings. The zero-order chi connectivity index (χ0) is 12.1. The van der Waals surface area contributed by atoms with Crippen LogP contribution in [-0.2, 0) is 6.54 Å². The number of hydrogen-bond donors (Lipinski definition) is 0. The smallest absolute Gasteiger partial charge is 0.0943 e. The quantitative estimate of drug-likeness (QED) is 0.741. The first-order chi connectivity index (χ1) is 8.29. The van der Waals surface area contributed by atoms with Crippen LogP contribution in [0.1, 0.15) is 18.4 Å². The van der Waals surface area contributed by atoms with E-state index in [0.29, 0.717) is 5.92 Å². The van der Waals surface area contributed by atoms with Crippen LogP contribution in [0.4, 0.5) is 0 Å². The van der Waals surface area contributed by atoms with Gasteiger partial charge in [-0.15, -0.1) is 0 Å². The number of allylic oxidation sites excluding steroid dienone is 1. The molecule has 1 aromatic rings. The van der Waals surface area contributed by atoms with E-state index < -0.39 is 0 Å². The molecule has 1 fully saturated rings. The van der Waals surface area contributed by atoms with Gasteiger partial charge in [0.05, 0.1) is 6.07 Å². The van der Waals surface area contributed by atoms with Gasteiger partial charge in [-0.2, -0.15) is 5.26 Å². The Morgan fingerprint density at radius 2 is 1.94 bits per heavy atom. The molecule has 2 heteroatoms. The molecule has 0 atom stereocenters. The Bertz CT molecular complexity index is 408. The molecule has 17 heavy (non-hydrogen) atoms. The Morgan fingerprint density at radius 3 is 2.53 bits per heavy atom. The van der Waals surface area contributed by atoms with Crippen LogP contribution >= 0.6 is 0 Å². The highest BCUT2D eigenvalue weighted by atomic mass is 15.1.